The Balaban J connectivity index is 1.70. The Hall–Kier alpha value is -1.97. The van der Waals surface area contributed by atoms with Gasteiger partial charge in [0.15, 0.2) is 0 Å². The SMILES string of the molecule is Nc1ccc(OCc2n[nH]c3c2CCCC3)cc1. The van der Waals surface area contributed by atoms with Gasteiger partial charge in [-0.05, 0) is 55.5 Å². The van der Waals surface area contributed by atoms with Crippen LogP contribution in [0.15, 0.2) is 24.3 Å². The van der Waals surface area contributed by atoms with Crippen LogP contribution in [0.4, 0.5) is 5.69 Å². The van der Waals surface area contributed by atoms with Gasteiger partial charge in [0.25, 0.3) is 0 Å². The number of hydrogen-bond donors (Lipinski definition) is 2. The van der Waals surface area contributed by atoms with Gasteiger partial charge in [-0.2, -0.15) is 5.10 Å². The molecule has 0 saturated heterocycles. The highest BCUT2D eigenvalue weighted by Gasteiger charge is 2.16. The monoisotopic (exact) mass is 243 g/mol. The average molecular weight is 243 g/mol. The van der Waals surface area contributed by atoms with Crippen LogP contribution in [0.3, 0.4) is 0 Å². The maximum absolute atomic E-state index is 5.73. The third kappa shape index (κ3) is 2.18. The van der Waals surface area contributed by atoms with Crippen LogP contribution < -0.4 is 10.5 Å². The minimum absolute atomic E-state index is 0.524. The topological polar surface area (TPSA) is 63.9 Å². The summed E-state index contributed by atoms with van der Waals surface area (Å²) >= 11 is 0. The number of hydrogen-bond acceptors (Lipinski definition) is 3. The molecule has 4 nitrogen and oxygen atoms in total. The lowest BCUT2D eigenvalue weighted by molar-refractivity contribution is 0.300. The molecule has 94 valence electrons. The van der Waals surface area contributed by atoms with Crippen molar-refractivity contribution in [2.75, 3.05) is 5.73 Å². The molecule has 18 heavy (non-hydrogen) atoms. The molecule has 3 N–H and O–H groups in total. The molecular weight excluding hydrogens is 226 g/mol. The molecule has 2 aromatic rings. The summed E-state index contributed by atoms with van der Waals surface area (Å²) in [5.41, 5.74) is 10.1. The molecular formula is C14H17N3O. The molecule has 0 amide bonds. The lowest BCUT2D eigenvalue weighted by Crippen LogP contribution is -2.04. The first-order valence-corrected chi connectivity index (χ1v) is 6.36. The zero-order valence-electron chi connectivity index (χ0n) is 10.3. The van der Waals surface area contributed by atoms with E-state index in [4.69, 9.17) is 10.5 Å². The predicted molar refractivity (Wildman–Crippen MR) is 70.4 cm³/mol. The number of H-pyrrole nitrogens is 1. The van der Waals surface area contributed by atoms with E-state index in [2.05, 4.69) is 10.2 Å². The summed E-state index contributed by atoms with van der Waals surface area (Å²) in [5, 5.41) is 7.48. The fourth-order valence-corrected chi connectivity index (χ4v) is 2.38. The molecule has 0 saturated carbocycles. The van der Waals surface area contributed by atoms with Crippen LogP contribution in [0, 0.1) is 0 Å². The summed E-state index contributed by atoms with van der Waals surface area (Å²) in [7, 11) is 0. The highest BCUT2D eigenvalue weighted by molar-refractivity contribution is 5.41. The van der Waals surface area contributed by atoms with Crippen molar-refractivity contribution in [3.63, 3.8) is 0 Å². The number of nitrogens with one attached hydrogen (secondary N) is 1. The van der Waals surface area contributed by atoms with Gasteiger partial charge in [-0.15, -0.1) is 0 Å². The Bertz CT molecular complexity index is 530. The minimum Gasteiger partial charge on any atom is -0.487 e. The average Bonchev–Trinajstić information content (AvgIpc) is 2.82. The summed E-state index contributed by atoms with van der Waals surface area (Å²) in [5.74, 6) is 0.830. The number of ether oxygens (including phenoxy) is 1. The number of aromatic amines is 1. The Morgan fingerprint density at radius 2 is 1.94 bits per heavy atom. The molecule has 0 spiro atoms. The first-order valence-electron chi connectivity index (χ1n) is 6.36. The second kappa shape index (κ2) is 4.72. The van der Waals surface area contributed by atoms with Gasteiger partial charge in [0.2, 0.25) is 0 Å². The summed E-state index contributed by atoms with van der Waals surface area (Å²) in [6.45, 7) is 0.524. The quantitative estimate of drug-likeness (QED) is 0.814. The van der Waals surface area contributed by atoms with Crippen LogP contribution in [0.1, 0.15) is 29.8 Å². The second-order valence-electron chi connectivity index (χ2n) is 4.69. The molecule has 0 unspecified atom stereocenters. The first kappa shape index (κ1) is 11.1. The van der Waals surface area contributed by atoms with Gasteiger partial charge in [-0.3, -0.25) is 5.10 Å². The molecule has 3 rings (SSSR count). The maximum Gasteiger partial charge on any atom is 0.132 e. The maximum atomic E-state index is 5.73. The van der Waals surface area contributed by atoms with Gasteiger partial charge >= 0.3 is 0 Å². The highest BCUT2D eigenvalue weighted by Crippen LogP contribution is 2.23. The van der Waals surface area contributed by atoms with E-state index in [0.717, 1.165) is 30.0 Å². The molecule has 1 aliphatic rings. The highest BCUT2D eigenvalue weighted by atomic mass is 16.5. The number of nitrogens with zero attached hydrogens (tertiary/aromatic N) is 1. The minimum atomic E-state index is 0.524. The largest absolute Gasteiger partial charge is 0.487 e. The zero-order chi connectivity index (χ0) is 12.4. The normalized spacial score (nSPS) is 14.2. The molecule has 1 aromatic heterocycles. The first-order chi connectivity index (χ1) is 8.83. The standard InChI is InChI=1S/C14H17N3O/c15-10-5-7-11(8-6-10)18-9-14-12-3-1-2-4-13(12)16-17-14/h5-8H,1-4,9,15H2,(H,16,17). The third-order valence-corrected chi connectivity index (χ3v) is 3.40. The number of benzene rings is 1. The van der Waals surface area contributed by atoms with Crippen molar-refractivity contribution >= 4 is 5.69 Å². The summed E-state index contributed by atoms with van der Waals surface area (Å²) in [4.78, 5) is 0. The van der Waals surface area contributed by atoms with E-state index in [1.807, 2.05) is 24.3 Å². The van der Waals surface area contributed by atoms with Crippen LogP contribution in [-0.2, 0) is 19.4 Å². The van der Waals surface area contributed by atoms with Gasteiger partial charge < -0.3 is 10.5 Å². The van der Waals surface area contributed by atoms with Crippen molar-refractivity contribution in [1.82, 2.24) is 10.2 Å². The molecule has 4 heteroatoms. The smallest absolute Gasteiger partial charge is 0.132 e. The zero-order valence-corrected chi connectivity index (χ0v) is 10.3. The Kier molecular flexibility index (Phi) is 2.92. The lowest BCUT2D eigenvalue weighted by atomic mass is 9.96. The fourth-order valence-electron chi connectivity index (χ4n) is 2.38. The number of nitrogen functional groups attached to an aromatic ring is 1. The number of nitrogens with two attached hydrogens (primary N) is 1. The molecule has 0 aliphatic heterocycles. The van der Waals surface area contributed by atoms with E-state index in [1.165, 1.54) is 24.1 Å². The van der Waals surface area contributed by atoms with E-state index in [1.54, 1.807) is 0 Å². The van der Waals surface area contributed by atoms with E-state index >= 15 is 0 Å². The van der Waals surface area contributed by atoms with Crippen LogP contribution >= 0.6 is 0 Å². The molecule has 0 bridgehead atoms. The van der Waals surface area contributed by atoms with Crippen LogP contribution in [-0.4, -0.2) is 10.2 Å². The summed E-state index contributed by atoms with van der Waals surface area (Å²) in [6, 6.07) is 7.45. The van der Waals surface area contributed by atoms with Crippen molar-refractivity contribution in [3.05, 3.63) is 41.2 Å². The second-order valence-corrected chi connectivity index (χ2v) is 4.69. The van der Waals surface area contributed by atoms with Gasteiger partial charge in [-0.1, -0.05) is 0 Å². The summed E-state index contributed by atoms with van der Waals surface area (Å²) < 4.78 is 5.73. The van der Waals surface area contributed by atoms with E-state index in [0.29, 0.717) is 6.61 Å². The van der Waals surface area contributed by atoms with Crippen molar-refractivity contribution in [3.8, 4) is 5.75 Å². The van der Waals surface area contributed by atoms with Gasteiger partial charge in [0.05, 0.1) is 0 Å². The van der Waals surface area contributed by atoms with Crippen molar-refractivity contribution in [2.24, 2.45) is 0 Å². The number of rotatable bonds is 3. The Morgan fingerprint density at radius 3 is 2.78 bits per heavy atom. The molecule has 1 aliphatic carbocycles. The van der Waals surface area contributed by atoms with Crippen molar-refractivity contribution in [2.45, 2.75) is 32.3 Å². The van der Waals surface area contributed by atoms with Crippen molar-refractivity contribution < 1.29 is 4.74 Å². The molecule has 0 atom stereocenters. The lowest BCUT2D eigenvalue weighted by Gasteiger charge is -2.11. The van der Waals surface area contributed by atoms with Crippen LogP contribution in [0.5, 0.6) is 5.75 Å². The molecule has 0 fully saturated rings. The predicted octanol–water partition coefficient (Wildman–Crippen LogP) is 2.45. The Labute approximate surface area is 106 Å². The fraction of sp³-hybridized carbons (Fsp3) is 0.357. The third-order valence-electron chi connectivity index (χ3n) is 3.40. The van der Waals surface area contributed by atoms with Crippen LogP contribution in [0.2, 0.25) is 0 Å². The molecule has 1 aromatic carbocycles. The van der Waals surface area contributed by atoms with Crippen molar-refractivity contribution in [1.29, 1.82) is 0 Å². The number of fused-ring (bicyclic) bond motifs is 1. The van der Waals surface area contributed by atoms with Gasteiger partial charge in [0, 0.05) is 11.4 Å². The molecule has 0 radical (unpaired) electrons. The molecule has 1 heterocycles. The van der Waals surface area contributed by atoms with Gasteiger partial charge in [-0.25, -0.2) is 0 Å². The van der Waals surface area contributed by atoms with Crippen LogP contribution in [0.25, 0.3) is 0 Å². The Morgan fingerprint density at radius 1 is 1.17 bits per heavy atom. The number of aromatic nitrogens is 2. The van der Waals surface area contributed by atoms with E-state index < -0.39 is 0 Å². The van der Waals surface area contributed by atoms with E-state index in [9.17, 15) is 0 Å². The van der Waals surface area contributed by atoms with Gasteiger partial charge in [0.1, 0.15) is 18.1 Å². The summed E-state index contributed by atoms with van der Waals surface area (Å²) in [6.07, 6.45) is 4.74. The van der Waals surface area contributed by atoms with E-state index in [-0.39, 0.29) is 0 Å². The number of anilines is 1. The number of aryl methyl sites for hydroxylation is 1.